The molecule has 6 atom stereocenters. The summed E-state index contributed by atoms with van der Waals surface area (Å²) in [7, 11) is -5.53. The molecule has 51 heavy (non-hydrogen) atoms. The zero-order valence-electron chi connectivity index (χ0n) is 36.9. The van der Waals surface area contributed by atoms with E-state index in [0.717, 1.165) is 45.1 Å². The SMILES string of the molecule is C=C1C(=CC=C2CCC[C@]3(C)[C@@H]([C@@H](C)OCCCC(CC)(CC)O[Si](C)(C)C)CC[C@@H]23)C[C@@H](O[Si](C)(C)C(C)(C)C)C[C@@H]1O[Si](C)(C)C(C)(C)C. The first-order valence-corrected chi connectivity index (χ1v) is 30.2. The van der Waals surface area contributed by atoms with Crippen LogP contribution in [-0.2, 0) is 18.0 Å². The number of hydrogen-bond acceptors (Lipinski definition) is 4. The Bertz CT molecular complexity index is 1230. The Hall–Kier alpha value is -0.289. The van der Waals surface area contributed by atoms with Gasteiger partial charge in [0, 0.05) is 13.0 Å². The first-order valence-electron chi connectivity index (χ1n) is 21.0. The van der Waals surface area contributed by atoms with Crippen molar-refractivity contribution in [1.82, 2.24) is 0 Å². The van der Waals surface area contributed by atoms with E-state index in [1.807, 2.05) is 0 Å². The molecular weight excluding hydrogens is 677 g/mol. The van der Waals surface area contributed by atoms with Gasteiger partial charge in [-0.3, -0.25) is 0 Å². The molecule has 3 saturated carbocycles. The van der Waals surface area contributed by atoms with Crippen molar-refractivity contribution in [2.24, 2.45) is 17.3 Å². The average Bonchev–Trinajstić information content (AvgIpc) is 3.35. The molecule has 0 aromatic heterocycles. The van der Waals surface area contributed by atoms with Gasteiger partial charge in [-0.05, 0) is 155 Å². The molecule has 0 spiro atoms. The van der Waals surface area contributed by atoms with Gasteiger partial charge in [0.25, 0.3) is 0 Å². The minimum Gasteiger partial charge on any atom is -0.413 e. The molecule has 0 N–H and O–H groups in total. The third-order valence-electron chi connectivity index (χ3n) is 14.3. The molecule has 7 heteroatoms. The third kappa shape index (κ3) is 11.2. The van der Waals surface area contributed by atoms with Crippen molar-refractivity contribution in [3.8, 4) is 0 Å². The van der Waals surface area contributed by atoms with Crippen molar-refractivity contribution in [2.75, 3.05) is 6.61 Å². The van der Waals surface area contributed by atoms with Gasteiger partial charge in [-0.15, -0.1) is 0 Å². The first-order chi connectivity index (χ1) is 23.2. The molecule has 0 aromatic carbocycles. The van der Waals surface area contributed by atoms with E-state index in [-0.39, 0.29) is 34.0 Å². The van der Waals surface area contributed by atoms with Crippen LogP contribution in [-0.4, -0.2) is 55.5 Å². The Morgan fingerprint density at radius 2 is 1.47 bits per heavy atom. The summed E-state index contributed by atoms with van der Waals surface area (Å²) < 4.78 is 27.7. The van der Waals surface area contributed by atoms with Gasteiger partial charge in [-0.25, -0.2) is 0 Å². The Morgan fingerprint density at radius 3 is 2.02 bits per heavy atom. The van der Waals surface area contributed by atoms with Crippen molar-refractivity contribution in [3.63, 3.8) is 0 Å². The highest BCUT2D eigenvalue weighted by atomic mass is 28.4. The summed E-state index contributed by atoms with van der Waals surface area (Å²) in [6.45, 7) is 45.6. The van der Waals surface area contributed by atoms with Crippen LogP contribution in [0, 0.1) is 17.3 Å². The molecule has 296 valence electrons. The number of rotatable bonds is 15. The molecule has 3 aliphatic carbocycles. The molecule has 0 radical (unpaired) electrons. The predicted molar refractivity (Wildman–Crippen MR) is 229 cm³/mol. The molecule has 0 unspecified atom stereocenters. The Kier molecular flexibility index (Phi) is 14.9. The lowest BCUT2D eigenvalue weighted by molar-refractivity contribution is -0.0340. The number of allylic oxidation sites excluding steroid dienone is 3. The summed E-state index contributed by atoms with van der Waals surface area (Å²) in [5, 5.41) is 0.323. The molecule has 0 amide bonds. The molecule has 0 heterocycles. The number of fused-ring (bicyclic) bond motifs is 1. The van der Waals surface area contributed by atoms with Gasteiger partial charge in [0.05, 0.1) is 23.9 Å². The highest BCUT2D eigenvalue weighted by Gasteiger charge is 2.51. The molecule has 0 saturated heterocycles. The van der Waals surface area contributed by atoms with E-state index >= 15 is 0 Å². The van der Waals surface area contributed by atoms with Crippen molar-refractivity contribution in [3.05, 3.63) is 35.5 Å². The van der Waals surface area contributed by atoms with E-state index in [1.165, 1.54) is 43.3 Å². The quantitative estimate of drug-likeness (QED) is 0.123. The second-order valence-corrected chi connectivity index (χ2v) is 35.1. The van der Waals surface area contributed by atoms with Crippen LogP contribution < -0.4 is 0 Å². The van der Waals surface area contributed by atoms with E-state index < -0.39 is 25.0 Å². The summed E-state index contributed by atoms with van der Waals surface area (Å²) in [4.78, 5) is 0. The molecule has 0 aromatic rings. The van der Waals surface area contributed by atoms with Crippen molar-refractivity contribution < 1.29 is 18.0 Å². The lowest BCUT2D eigenvalue weighted by Gasteiger charge is -2.45. The van der Waals surface area contributed by atoms with Gasteiger partial charge in [0.2, 0.25) is 0 Å². The van der Waals surface area contributed by atoms with Crippen LogP contribution in [0.25, 0.3) is 0 Å². The van der Waals surface area contributed by atoms with E-state index in [9.17, 15) is 0 Å². The van der Waals surface area contributed by atoms with Crippen molar-refractivity contribution >= 4 is 25.0 Å². The zero-order valence-corrected chi connectivity index (χ0v) is 39.9. The van der Waals surface area contributed by atoms with Crippen LogP contribution in [0.15, 0.2) is 35.5 Å². The minimum atomic E-state index is -1.99. The topological polar surface area (TPSA) is 36.9 Å². The summed E-state index contributed by atoms with van der Waals surface area (Å²) in [6.07, 6.45) is 17.9. The number of ether oxygens (including phenoxy) is 1. The lowest BCUT2D eigenvalue weighted by Crippen LogP contribution is -2.49. The minimum absolute atomic E-state index is 0.0104. The van der Waals surface area contributed by atoms with Crippen LogP contribution in [0.3, 0.4) is 0 Å². The van der Waals surface area contributed by atoms with Crippen LogP contribution in [0.1, 0.15) is 140 Å². The summed E-state index contributed by atoms with van der Waals surface area (Å²) in [6, 6.07) is 0. The molecular formula is C44H84O4Si3. The van der Waals surface area contributed by atoms with E-state index in [1.54, 1.807) is 5.57 Å². The predicted octanol–water partition coefficient (Wildman–Crippen LogP) is 13.8. The summed E-state index contributed by atoms with van der Waals surface area (Å²) in [5.74, 6) is 1.24. The molecule has 3 fully saturated rings. The largest absolute Gasteiger partial charge is 0.413 e. The zero-order chi connectivity index (χ0) is 38.8. The van der Waals surface area contributed by atoms with Crippen molar-refractivity contribution in [1.29, 1.82) is 0 Å². The fraction of sp³-hybridized carbons (Fsp3) is 0.864. The molecule has 3 rings (SSSR count). The Balaban J connectivity index is 1.78. The average molecular weight is 761 g/mol. The number of hydrogen-bond donors (Lipinski definition) is 0. The van der Waals surface area contributed by atoms with Crippen LogP contribution in [0.4, 0.5) is 0 Å². The highest BCUT2D eigenvalue weighted by Crippen LogP contribution is 2.59. The van der Waals surface area contributed by atoms with E-state index in [4.69, 9.17) is 24.6 Å². The maximum atomic E-state index is 7.12. The molecule has 0 bridgehead atoms. The van der Waals surface area contributed by atoms with Gasteiger partial charge in [-0.1, -0.05) is 86.6 Å². The van der Waals surface area contributed by atoms with Crippen molar-refractivity contribution in [2.45, 2.75) is 220 Å². The van der Waals surface area contributed by atoms with Gasteiger partial charge < -0.3 is 18.0 Å². The maximum absolute atomic E-state index is 7.12. The van der Waals surface area contributed by atoms with Crippen LogP contribution >= 0.6 is 0 Å². The fourth-order valence-electron chi connectivity index (χ4n) is 9.04. The Labute approximate surface area is 320 Å². The van der Waals surface area contributed by atoms with E-state index in [0.29, 0.717) is 17.3 Å². The van der Waals surface area contributed by atoms with E-state index in [2.05, 4.69) is 127 Å². The van der Waals surface area contributed by atoms with Gasteiger partial charge >= 0.3 is 0 Å². The van der Waals surface area contributed by atoms with Crippen LogP contribution in [0.5, 0.6) is 0 Å². The summed E-state index contributed by atoms with van der Waals surface area (Å²) >= 11 is 0. The molecule has 0 aliphatic heterocycles. The molecule has 4 nitrogen and oxygen atoms in total. The standard InChI is InChI=1S/C44H84O4Si3/c1-19-44(20-2,48-49(12,13)14)29-22-30-45-34(4)38-26-27-39-35(23-21-28-43(38,39)11)24-25-36-31-37(46-50(15,16)41(5,6)7)32-40(33(36)3)47-51(17,18)42(8,9)10/h24-25,34,37-40H,3,19-23,26-32H2,1-2,4-18H3/t34-,37-,38-,39+,40+,43-/m1/s1. The maximum Gasteiger partial charge on any atom is 0.192 e. The van der Waals surface area contributed by atoms with Crippen LogP contribution in [0.2, 0.25) is 55.9 Å². The fourth-order valence-corrected chi connectivity index (χ4v) is 13.4. The van der Waals surface area contributed by atoms with Gasteiger partial charge in [0.15, 0.2) is 25.0 Å². The van der Waals surface area contributed by atoms with Gasteiger partial charge in [-0.2, -0.15) is 0 Å². The monoisotopic (exact) mass is 761 g/mol. The van der Waals surface area contributed by atoms with Gasteiger partial charge in [0.1, 0.15) is 0 Å². The smallest absolute Gasteiger partial charge is 0.192 e. The highest BCUT2D eigenvalue weighted by molar-refractivity contribution is 6.74. The summed E-state index contributed by atoms with van der Waals surface area (Å²) in [5.41, 5.74) is 4.48. The molecule has 3 aliphatic rings. The third-order valence-corrected chi connectivity index (χ3v) is 24.4. The lowest BCUT2D eigenvalue weighted by atomic mass is 9.62. The second-order valence-electron chi connectivity index (χ2n) is 21.1. The Morgan fingerprint density at radius 1 is 0.882 bits per heavy atom. The second kappa shape index (κ2) is 16.8. The first kappa shape index (κ1) is 45.1. The normalized spacial score (nSPS) is 29.5.